The van der Waals surface area contributed by atoms with Crippen LogP contribution in [0.15, 0.2) is 12.1 Å². The summed E-state index contributed by atoms with van der Waals surface area (Å²) in [5, 5.41) is 4.10. The summed E-state index contributed by atoms with van der Waals surface area (Å²) in [6.45, 7) is 0.927. The minimum Gasteiger partial charge on any atom is -0.382 e. The van der Waals surface area contributed by atoms with Crippen molar-refractivity contribution in [3.8, 4) is 0 Å². The Bertz CT molecular complexity index is 494. The maximum atomic E-state index is 11.8. The van der Waals surface area contributed by atoms with Crippen molar-refractivity contribution in [2.75, 3.05) is 26.9 Å². The fourth-order valence-electron chi connectivity index (χ4n) is 2.33. The minimum atomic E-state index is -0.134. The van der Waals surface area contributed by atoms with Crippen LogP contribution in [0.3, 0.4) is 0 Å². The van der Waals surface area contributed by atoms with Crippen LogP contribution in [0.1, 0.15) is 23.6 Å². The van der Waals surface area contributed by atoms with Crippen molar-refractivity contribution < 1.29 is 14.3 Å². The molecule has 0 fully saturated rings. The summed E-state index contributed by atoms with van der Waals surface area (Å²) in [5.74, 6) is -0.134. The molecule has 2 rings (SSSR count). The topological polar surface area (TPSA) is 47.6 Å². The first-order valence-electron chi connectivity index (χ1n) is 6.46. The number of ether oxygens (including phenoxy) is 2. The number of amides is 1. The summed E-state index contributed by atoms with van der Waals surface area (Å²) in [5.41, 5.74) is 2.08. The van der Waals surface area contributed by atoms with Crippen molar-refractivity contribution >= 4 is 29.1 Å². The third kappa shape index (κ3) is 3.64. The zero-order valence-corrected chi connectivity index (χ0v) is 12.8. The number of methoxy groups -OCH3 is 1. The number of halogens is 2. The van der Waals surface area contributed by atoms with E-state index in [0.717, 1.165) is 24.0 Å². The Kier molecular flexibility index (Phi) is 5.66. The lowest BCUT2D eigenvalue weighted by atomic mass is 10.1. The second-order valence-electron chi connectivity index (χ2n) is 4.63. The number of benzene rings is 1. The van der Waals surface area contributed by atoms with Crippen LogP contribution in [0.5, 0.6) is 0 Å². The number of nitrogens with one attached hydrogen (secondary N) is 1. The average Bonchev–Trinajstić information content (AvgIpc) is 2.83. The molecule has 0 saturated carbocycles. The SMILES string of the molecule is COCCOCC(=O)N[C@H]1CCc2c1ccc(Cl)c2Cl. The molecule has 0 radical (unpaired) electrons. The molecule has 0 aromatic heterocycles. The molecule has 0 bridgehead atoms. The van der Waals surface area contributed by atoms with Gasteiger partial charge in [0.25, 0.3) is 0 Å². The van der Waals surface area contributed by atoms with Gasteiger partial charge in [-0.2, -0.15) is 0 Å². The van der Waals surface area contributed by atoms with E-state index in [1.807, 2.05) is 6.07 Å². The summed E-state index contributed by atoms with van der Waals surface area (Å²) in [6, 6.07) is 3.67. The number of carbonyl (C=O) groups excluding carboxylic acids is 1. The minimum absolute atomic E-state index is 0.0155. The van der Waals surface area contributed by atoms with Crippen molar-refractivity contribution in [3.63, 3.8) is 0 Å². The third-order valence-corrected chi connectivity index (χ3v) is 4.13. The van der Waals surface area contributed by atoms with E-state index < -0.39 is 0 Å². The lowest BCUT2D eigenvalue weighted by molar-refractivity contribution is -0.126. The first kappa shape index (κ1) is 15.6. The van der Waals surface area contributed by atoms with Crippen LogP contribution in [0.2, 0.25) is 10.0 Å². The fraction of sp³-hybridized carbons (Fsp3) is 0.500. The van der Waals surface area contributed by atoms with E-state index in [2.05, 4.69) is 5.32 Å². The normalized spacial score (nSPS) is 17.1. The molecule has 1 aromatic carbocycles. The highest BCUT2D eigenvalue weighted by Crippen LogP contribution is 2.38. The van der Waals surface area contributed by atoms with Crippen molar-refractivity contribution in [3.05, 3.63) is 33.3 Å². The quantitative estimate of drug-likeness (QED) is 0.821. The fourth-order valence-corrected chi connectivity index (χ4v) is 2.77. The van der Waals surface area contributed by atoms with Crippen LogP contribution in [-0.2, 0) is 20.7 Å². The van der Waals surface area contributed by atoms with Gasteiger partial charge in [0.1, 0.15) is 6.61 Å². The number of hydrogen-bond acceptors (Lipinski definition) is 3. The number of rotatable bonds is 6. The van der Waals surface area contributed by atoms with Crippen LogP contribution in [0.4, 0.5) is 0 Å². The maximum absolute atomic E-state index is 11.8. The van der Waals surface area contributed by atoms with Gasteiger partial charge in [-0.3, -0.25) is 4.79 Å². The van der Waals surface area contributed by atoms with Crippen LogP contribution >= 0.6 is 23.2 Å². The number of hydrogen-bond donors (Lipinski definition) is 1. The Morgan fingerprint density at radius 3 is 2.95 bits per heavy atom. The molecule has 6 heteroatoms. The van der Waals surface area contributed by atoms with E-state index >= 15 is 0 Å². The zero-order chi connectivity index (χ0) is 14.5. The summed E-state index contributed by atoms with van der Waals surface area (Å²) in [6.07, 6.45) is 1.66. The van der Waals surface area contributed by atoms with Crippen molar-refractivity contribution in [2.45, 2.75) is 18.9 Å². The van der Waals surface area contributed by atoms with Gasteiger partial charge in [0.05, 0.1) is 29.3 Å². The Hall–Kier alpha value is -0.810. The van der Waals surface area contributed by atoms with Crippen LogP contribution in [-0.4, -0.2) is 32.8 Å². The molecule has 0 spiro atoms. The van der Waals surface area contributed by atoms with Crippen LogP contribution < -0.4 is 5.32 Å². The molecular formula is C14H17Cl2NO3. The molecule has 0 aliphatic heterocycles. The molecule has 110 valence electrons. The summed E-state index contributed by atoms with van der Waals surface area (Å²) in [4.78, 5) is 11.8. The van der Waals surface area contributed by atoms with Gasteiger partial charge in [-0.05, 0) is 30.0 Å². The zero-order valence-electron chi connectivity index (χ0n) is 11.2. The average molecular weight is 318 g/mol. The molecule has 1 aliphatic rings. The molecule has 4 nitrogen and oxygen atoms in total. The van der Waals surface area contributed by atoms with Crippen molar-refractivity contribution in [1.82, 2.24) is 5.32 Å². The van der Waals surface area contributed by atoms with Crippen molar-refractivity contribution in [2.24, 2.45) is 0 Å². The number of fused-ring (bicyclic) bond motifs is 1. The first-order chi connectivity index (χ1) is 9.63. The molecule has 20 heavy (non-hydrogen) atoms. The smallest absolute Gasteiger partial charge is 0.246 e. The van der Waals surface area contributed by atoms with Crippen LogP contribution in [0.25, 0.3) is 0 Å². The van der Waals surface area contributed by atoms with Gasteiger partial charge in [-0.15, -0.1) is 0 Å². The summed E-state index contributed by atoms with van der Waals surface area (Å²) >= 11 is 12.2. The Labute approximate surface area is 128 Å². The van der Waals surface area contributed by atoms with Gasteiger partial charge >= 0.3 is 0 Å². The molecule has 1 aliphatic carbocycles. The monoisotopic (exact) mass is 317 g/mol. The van der Waals surface area contributed by atoms with E-state index in [1.54, 1.807) is 13.2 Å². The second kappa shape index (κ2) is 7.27. The van der Waals surface area contributed by atoms with Gasteiger partial charge in [0, 0.05) is 7.11 Å². The van der Waals surface area contributed by atoms with Gasteiger partial charge < -0.3 is 14.8 Å². The van der Waals surface area contributed by atoms with E-state index in [1.165, 1.54) is 0 Å². The summed E-state index contributed by atoms with van der Waals surface area (Å²) in [7, 11) is 1.59. The largest absolute Gasteiger partial charge is 0.382 e. The molecule has 0 saturated heterocycles. The number of carbonyl (C=O) groups is 1. The Morgan fingerprint density at radius 2 is 2.20 bits per heavy atom. The second-order valence-corrected chi connectivity index (χ2v) is 5.42. The highest BCUT2D eigenvalue weighted by atomic mass is 35.5. The van der Waals surface area contributed by atoms with Gasteiger partial charge in [0.2, 0.25) is 5.91 Å². The van der Waals surface area contributed by atoms with E-state index in [0.29, 0.717) is 23.3 Å². The predicted molar refractivity (Wildman–Crippen MR) is 78.4 cm³/mol. The first-order valence-corrected chi connectivity index (χ1v) is 7.22. The molecule has 1 amide bonds. The standard InChI is InChI=1S/C14H17Cl2NO3/c1-19-6-7-20-8-13(18)17-12-5-3-10-9(12)2-4-11(15)14(10)16/h2,4,12H,3,5-8H2,1H3,(H,17,18)/t12-/m0/s1. The van der Waals surface area contributed by atoms with Crippen LogP contribution in [0, 0.1) is 0 Å². The predicted octanol–water partition coefficient (Wildman–Crippen LogP) is 2.76. The van der Waals surface area contributed by atoms with Gasteiger partial charge in [0.15, 0.2) is 0 Å². The molecule has 1 atom stereocenters. The lowest BCUT2D eigenvalue weighted by Gasteiger charge is -2.14. The highest BCUT2D eigenvalue weighted by molar-refractivity contribution is 6.42. The molecule has 0 heterocycles. The Morgan fingerprint density at radius 1 is 1.40 bits per heavy atom. The molecule has 0 unspecified atom stereocenters. The lowest BCUT2D eigenvalue weighted by Crippen LogP contribution is -2.31. The van der Waals surface area contributed by atoms with Crippen molar-refractivity contribution in [1.29, 1.82) is 0 Å². The Balaban J connectivity index is 1.91. The van der Waals surface area contributed by atoms with E-state index in [-0.39, 0.29) is 18.6 Å². The molecule has 1 aromatic rings. The molecule has 1 N–H and O–H groups in total. The van der Waals surface area contributed by atoms with Gasteiger partial charge in [-0.25, -0.2) is 0 Å². The van der Waals surface area contributed by atoms with E-state index in [9.17, 15) is 4.79 Å². The maximum Gasteiger partial charge on any atom is 0.246 e. The third-order valence-electron chi connectivity index (χ3n) is 3.29. The molecular weight excluding hydrogens is 301 g/mol. The highest BCUT2D eigenvalue weighted by Gasteiger charge is 2.26. The van der Waals surface area contributed by atoms with E-state index in [4.69, 9.17) is 32.7 Å². The van der Waals surface area contributed by atoms with Gasteiger partial charge in [-0.1, -0.05) is 29.3 Å². The summed E-state index contributed by atoms with van der Waals surface area (Å²) < 4.78 is 10.0.